The van der Waals surface area contributed by atoms with Gasteiger partial charge in [0, 0.05) is 12.1 Å². The Morgan fingerprint density at radius 1 is 1.50 bits per heavy atom. The Balaban J connectivity index is 2.05. The van der Waals surface area contributed by atoms with E-state index in [-0.39, 0.29) is 18.0 Å². The lowest BCUT2D eigenvalue weighted by atomic mass is 10.2. The van der Waals surface area contributed by atoms with E-state index in [0.29, 0.717) is 14.2 Å². The SMILES string of the molecule is NC1CCCC1NC(=O)c1cc(Cl)sc1Cl. The maximum absolute atomic E-state index is 11.9. The molecule has 0 aliphatic heterocycles. The van der Waals surface area contributed by atoms with Crippen LogP contribution in [-0.2, 0) is 0 Å². The minimum absolute atomic E-state index is 0.0526. The molecule has 1 amide bonds. The zero-order valence-electron chi connectivity index (χ0n) is 8.50. The van der Waals surface area contributed by atoms with Gasteiger partial charge in [0.15, 0.2) is 0 Å². The van der Waals surface area contributed by atoms with Gasteiger partial charge in [0.25, 0.3) is 5.91 Å². The topological polar surface area (TPSA) is 55.1 Å². The van der Waals surface area contributed by atoms with Gasteiger partial charge in [0.2, 0.25) is 0 Å². The molecule has 2 unspecified atom stereocenters. The molecule has 1 aromatic heterocycles. The van der Waals surface area contributed by atoms with E-state index < -0.39 is 0 Å². The van der Waals surface area contributed by atoms with Gasteiger partial charge < -0.3 is 11.1 Å². The molecule has 3 N–H and O–H groups in total. The van der Waals surface area contributed by atoms with Crippen molar-refractivity contribution in [2.75, 3.05) is 0 Å². The summed E-state index contributed by atoms with van der Waals surface area (Å²) in [7, 11) is 0. The van der Waals surface area contributed by atoms with Crippen LogP contribution in [0.5, 0.6) is 0 Å². The highest BCUT2D eigenvalue weighted by Crippen LogP contribution is 2.31. The van der Waals surface area contributed by atoms with Crippen LogP contribution in [0.25, 0.3) is 0 Å². The third kappa shape index (κ3) is 2.51. The summed E-state index contributed by atoms with van der Waals surface area (Å²) in [5, 5.41) is 2.90. The lowest BCUT2D eigenvalue weighted by Crippen LogP contribution is -2.43. The first-order valence-corrected chi connectivity index (χ1v) is 6.66. The molecule has 88 valence electrons. The van der Waals surface area contributed by atoms with Gasteiger partial charge in [0.1, 0.15) is 4.34 Å². The maximum atomic E-state index is 11.9. The third-order valence-electron chi connectivity index (χ3n) is 2.79. The summed E-state index contributed by atoms with van der Waals surface area (Å²) in [6.45, 7) is 0. The summed E-state index contributed by atoms with van der Waals surface area (Å²) < 4.78 is 0.944. The van der Waals surface area contributed by atoms with Gasteiger partial charge in [-0.25, -0.2) is 0 Å². The van der Waals surface area contributed by atoms with E-state index in [0.717, 1.165) is 19.3 Å². The molecule has 0 radical (unpaired) electrons. The monoisotopic (exact) mass is 278 g/mol. The van der Waals surface area contributed by atoms with E-state index in [1.807, 2.05) is 0 Å². The number of hydrogen-bond acceptors (Lipinski definition) is 3. The van der Waals surface area contributed by atoms with Crippen molar-refractivity contribution in [1.82, 2.24) is 5.32 Å². The molecule has 6 heteroatoms. The molecule has 0 bridgehead atoms. The molecule has 2 rings (SSSR count). The lowest BCUT2D eigenvalue weighted by Gasteiger charge is -2.16. The van der Waals surface area contributed by atoms with Crippen molar-refractivity contribution in [2.24, 2.45) is 5.73 Å². The highest BCUT2D eigenvalue weighted by Gasteiger charge is 2.26. The molecule has 16 heavy (non-hydrogen) atoms. The molecule has 0 aromatic carbocycles. The fourth-order valence-corrected chi connectivity index (χ4v) is 3.37. The molecule has 3 nitrogen and oxygen atoms in total. The molecule has 1 heterocycles. The highest BCUT2D eigenvalue weighted by molar-refractivity contribution is 7.20. The Hall–Kier alpha value is -0.290. The minimum atomic E-state index is -0.185. The van der Waals surface area contributed by atoms with Crippen molar-refractivity contribution in [2.45, 2.75) is 31.3 Å². The fourth-order valence-electron chi connectivity index (χ4n) is 1.91. The van der Waals surface area contributed by atoms with E-state index in [4.69, 9.17) is 28.9 Å². The van der Waals surface area contributed by atoms with Gasteiger partial charge in [-0.15, -0.1) is 11.3 Å². The molecule has 1 aliphatic carbocycles. The predicted molar refractivity (Wildman–Crippen MR) is 67.4 cm³/mol. The second kappa shape index (κ2) is 4.92. The van der Waals surface area contributed by atoms with Gasteiger partial charge in [-0.1, -0.05) is 23.2 Å². The van der Waals surface area contributed by atoms with E-state index in [1.165, 1.54) is 11.3 Å². The Kier molecular flexibility index (Phi) is 3.74. The molecule has 0 saturated heterocycles. The Morgan fingerprint density at radius 3 is 2.75 bits per heavy atom. The van der Waals surface area contributed by atoms with Gasteiger partial charge >= 0.3 is 0 Å². The number of amides is 1. The van der Waals surface area contributed by atoms with Crippen LogP contribution in [0.4, 0.5) is 0 Å². The van der Waals surface area contributed by atoms with Gasteiger partial charge in [-0.2, -0.15) is 0 Å². The van der Waals surface area contributed by atoms with Crippen molar-refractivity contribution < 1.29 is 4.79 Å². The summed E-state index contributed by atoms with van der Waals surface area (Å²) >= 11 is 12.9. The number of nitrogens with one attached hydrogen (secondary N) is 1. The summed E-state index contributed by atoms with van der Waals surface area (Å²) in [6.07, 6.45) is 2.95. The van der Waals surface area contributed by atoms with Gasteiger partial charge in [-0.3, -0.25) is 4.79 Å². The van der Waals surface area contributed by atoms with Crippen molar-refractivity contribution in [1.29, 1.82) is 0 Å². The Bertz CT molecular complexity index is 408. The van der Waals surface area contributed by atoms with Crippen molar-refractivity contribution in [3.63, 3.8) is 0 Å². The first-order chi connectivity index (χ1) is 7.58. The molecule has 1 aromatic rings. The quantitative estimate of drug-likeness (QED) is 0.874. The summed E-state index contributed by atoms with van der Waals surface area (Å²) in [5.74, 6) is -0.185. The average Bonchev–Trinajstić information content (AvgIpc) is 2.74. The van der Waals surface area contributed by atoms with Crippen molar-refractivity contribution in [3.05, 3.63) is 20.3 Å². The fraction of sp³-hybridized carbons (Fsp3) is 0.500. The molecule has 1 fully saturated rings. The van der Waals surface area contributed by atoms with E-state index >= 15 is 0 Å². The first-order valence-electron chi connectivity index (χ1n) is 5.09. The van der Waals surface area contributed by atoms with E-state index in [1.54, 1.807) is 6.07 Å². The predicted octanol–water partition coefficient (Wildman–Crippen LogP) is 2.66. The Morgan fingerprint density at radius 2 is 2.25 bits per heavy atom. The summed E-state index contributed by atoms with van der Waals surface area (Å²) in [4.78, 5) is 11.9. The van der Waals surface area contributed by atoms with Crippen LogP contribution < -0.4 is 11.1 Å². The number of carbonyl (C=O) groups excluding carboxylic acids is 1. The molecule has 2 atom stereocenters. The van der Waals surface area contributed by atoms with Crippen LogP contribution in [0.2, 0.25) is 8.67 Å². The second-order valence-corrected chi connectivity index (χ2v) is 6.20. The maximum Gasteiger partial charge on any atom is 0.253 e. The number of rotatable bonds is 2. The third-order valence-corrected chi connectivity index (χ3v) is 4.27. The lowest BCUT2D eigenvalue weighted by molar-refractivity contribution is 0.0935. The van der Waals surface area contributed by atoms with Crippen LogP contribution in [0, 0.1) is 0 Å². The standard InChI is InChI=1S/C10H12Cl2N2OS/c11-8-4-5(9(12)16-8)10(15)14-7-3-1-2-6(7)13/h4,6-7H,1-3,13H2,(H,14,15). The molecule has 1 aliphatic rings. The zero-order valence-corrected chi connectivity index (χ0v) is 10.8. The van der Waals surface area contributed by atoms with Gasteiger partial charge in [0.05, 0.1) is 9.90 Å². The number of hydrogen-bond donors (Lipinski definition) is 2. The summed E-state index contributed by atoms with van der Waals surface area (Å²) in [5.41, 5.74) is 6.32. The van der Waals surface area contributed by atoms with Gasteiger partial charge in [-0.05, 0) is 25.3 Å². The van der Waals surface area contributed by atoms with Crippen LogP contribution in [-0.4, -0.2) is 18.0 Å². The molecule has 0 spiro atoms. The normalized spacial score (nSPS) is 24.7. The number of nitrogens with two attached hydrogens (primary N) is 1. The number of thiophene rings is 1. The minimum Gasteiger partial charge on any atom is -0.348 e. The number of carbonyl (C=O) groups is 1. The largest absolute Gasteiger partial charge is 0.348 e. The summed E-state index contributed by atoms with van der Waals surface area (Å²) in [6, 6.07) is 1.70. The average molecular weight is 279 g/mol. The van der Waals surface area contributed by atoms with E-state index in [9.17, 15) is 4.79 Å². The van der Waals surface area contributed by atoms with Crippen LogP contribution in [0.3, 0.4) is 0 Å². The second-order valence-electron chi connectivity index (χ2n) is 3.91. The first kappa shape index (κ1) is 12.2. The van der Waals surface area contributed by atoms with Crippen LogP contribution >= 0.6 is 34.5 Å². The molecule has 1 saturated carbocycles. The number of halogens is 2. The van der Waals surface area contributed by atoms with Crippen molar-refractivity contribution >= 4 is 40.4 Å². The van der Waals surface area contributed by atoms with E-state index in [2.05, 4.69) is 5.32 Å². The van der Waals surface area contributed by atoms with Crippen LogP contribution in [0.15, 0.2) is 6.07 Å². The molecular formula is C10H12Cl2N2OS. The Labute approximate surface area is 108 Å². The van der Waals surface area contributed by atoms with Crippen LogP contribution in [0.1, 0.15) is 29.6 Å². The zero-order chi connectivity index (χ0) is 11.7. The highest BCUT2D eigenvalue weighted by atomic mass is 35.5. The smallest absolute Gasteiger partial charge is 0.253 e. The van der Waals surface area contributed by atoms with Crippen molar-refractivity contribution in [3.8, 4) is 0 Å². The molecular weight excluding hydrogens is 267 g/mol.